The zero-order valence-electron chi connectivity index (χ0n) is 20.3. The molecule has 0 N–H and O–H groups in total. The summed E-state index contributed by atoms with van der Waals surface area (Å²) in [7, 11) is -3.50. The van der Waals surface area contributed by atoms with E-state index in [1.165, 1.54) is 46.6 Å². The first-order valence-electron chi connectivity index (χ1n) is 11.3. The van der Waals surface area contributed by atoms with E-state index >= 15 is 0 Å². The van der Waals surface area contributed by atoms with Gasteiger partial charge in [-0.15, -0.1) is 5.10 Å². The lowest BCUT2D eigenvalue weighted by Crippen LogP contribution is -2.08. The summed E-state index contributed by atoms with van der Waals surface area (Å²) in [6.45, 7) is 1.42. The molecule has 0 aliphatic rings. The summed E-state index contributed by atoms with van der Waals surface area (Å²) in [5.74, 6) is -0.600. The van der Waals surface area contributed by atoms with Crippen LogP contribution in [0.3, 0.4) is 0 Å². The van der Waals surface area contributed by atoms with Crippen LogP contribution >= 0.6 is 11.6 Å². The van der Waals surface area contributed by atoms with Gasteiger partial charge in [0.15, 0.2) is 15.5 Å². The highest BCUT2D eigenvalue weighted by molar-refractivity contribution is 7.90. The molecule has 0 bridgehead atoms. The summed E-state index contributed by atoms with van der Waals surface area (Å²) in [5, 5.41) is 8.20. The van der Waals surface area contributed by atoms with Crippen molar-refractivity contribution < 1.29 is 26.0 Å². The Morgan fingerprint density at radius 2 is 1.69 bits per heavy atom. The highest BCUT2D eigenvalue weighted by Gasteiger charge is 2.34. The summed E-state index contributed by atoms with van der Waals surface area (Å²) < 4.78 is 82.0. The smallest absolute Gasteiger partial charge is 0.301 e. The zero-order chi connectivity index (χ0) is 28.1. The molecule has 0 fully saturated rings. The van der Waals surface area contributed by atoms with Crippen molar-refractivity contribution in [1.82, 2.24) is 24.5 Å². The maximum absolute atomic E-state index is 14.9. The highest BCUT2D eigenvalue weighted by atomic mass is 35.5. The van der Waals surface area contributed by atoms with Gasteiger partial charge >= 0.3 is 6.18 Å². The Morgan fingerprint density at radius 3 is 2.36 bits per heavy atom. The van der Waals surface area contributed by atoms with Crippen LogP contribution in [-0.2, 0) is 16.0 Å². The van der Waals surface area contributed by atoms with Gasteiger partial charge in [-0.25, -0.2) is 22.5 Å². The van der Waals surface area contributed by atoms with E-state index in [2.05, 4.69) is 15.3 Å². The zero-order valence-corrected chi connectivity index (χ0v) is 21.9. The fourth-order valence-corrected chi connectivity index (χ4v) is 4.96. The number of alkyl halides is 3. The molecule has 7 nitrogen and oxygen atoms in total. The predicted molar refractivity (Wildman–Crippen MR) is 137 cm³/mol. The first-order valence-corrected chi connectivity index (χ1v) is 13.5. The van der Waals surface area contributed by atoms with E-state index in [0.717, 1.165) is 18.5 Å². The number of aryl methyl sites for hydroxylation is 1. The summed E-state index contributed by atoms with van der Waals surface area (Å²) in [6, 6.07) is 15.1. The average Bonchev–Trinajstić information content (AvgIpc) is 3.50. The minimum Gasteiger partial charge on any atom is -0.301 e. The Morgan fingerprint density at radius 1 is 0.949 bits per heavy atom. The van der Waals surface area contributed by atoms with Gasteiger partial charge in [0.05, 0.1) is 28.2 Å². The topological polar surface area (TPSA) is 82.7 Å². The van der Waals surface area contributed by atoms with Gasteiger partial charge in [0, 0.05) is 23.0 Å². The Hall–Kier alpha value is -4.03. The van der Waals surface area contributed by atoms with Crippen LogP contribution in [0.15, 0.2) is 78.0 Å². The molecule has 200 valence electrons. The number of nitrogens with zero attached hydrogens (tertiary/aromatic N) is 5. The number of hydrogen-bond donors (Lipinski definition) is 0. The van der Waals surface area contributed by atoms with Crippen molar-refractivity contribution in [2.75, 3.05) is 6.26 Å². The first kappa shape index (κ1) is 26.6. The van der Waals surface area contributed by atoms with Gasteiger partial charge < -0.3 is 4.57 Å². The van der Waals surface area contributed by atoms with E-state index in [0.29, 0.717) is 11.1 Å². The lowest BCUT2D eigenvalue weighted by atomic mass is 10.0. The molecule has 13 heteroatoms. The minimum atomic E-state index is -4.67. The normalized spacial score (nSPS) is 12.2. The van der Waals surface area contributed by atoms with Crippen molar-refractivity contribution in [2.24, 2.45) is 0 Å². The second-order valence-electron chi connectivity index (χ2n) is 8.70. The molecule has 0 spiro atoms. The van der Waals surface area contributed by atoms with Crippen LogP contribution < -0.4 is 0 Å². The van der Waals surface area contributed by atoms with Crippen molar-refractivity contribution in [2.45, 2.75) is 18.0 Å². The van der Waals surface area contributed by atoms with Crippen LogP contribution in [0.1, 0.15) is 11.5 Å². The summed E-state index contributed by atoms with van der Waals surface area (Å²) in [6.07, 6.45) is -1.41. The molecule has 0 unspecified atom stereocenters. The summed E-state index contributed by atoms with van der Waals surface area (Å²) in [5.41, 5.74) is 0.792. The van der Waals surface area contributed by atoms with Crippen LogP contribution in [0.5, 0.6) is 0 Å². The van der Waals surface area contributed by atoms with Gasteiger partial charge in [0.25, 0.3) is 0 Å². The van der Waals surface area contributed by atoms with Crippen LogP contribution in [0.4, 0.5) is 17.6 Å². The van der Waals surface area contributed by atoms with Gasteiger partial charge in [-0.1, -0.05) is 35.0 Å². The van der Waals surface area contributed by atoms with Crippen LogP contribution in [0.2, 0.25) is 5.02 Å². The van der Waals surface area contributed by atoms with Gasteiger partial charge in [0.2, 0.25) is 0 Å². The van der Waals surface area contributed by atoms with Gasteiger partial charge in [-0.05, 0) is 60.5 Å². The second kappa shape index (κ2) is 9.62. The molecule has 0 atom stereocenters. The lowest BCUT2D eigenvalue weighted by Gasteiger charge is -2.16. The quantitative estimate of drug-likeness (QED) is 0.229. The standard InChI is InChI=1S/C26H18ClF4N5O2S/c1-15-33-25(26(29,30)31)14-35(15)22-9-6-17(16-4-3-5-19(10-16)39(2,37)38)11-23(22)36-24(13-32-34-36)20-8-7-18(27)12-21(20)28/h3-14H,1-2H3. The molecule has 2 heterocycles. The molecular weight excluding hydrogens is 558 g/mol. The van der Waals surface area contributed by atoms with Gasteiger partial charge in [-0.2, -0.15) is 13.2 Å². The lowest BCUT2D eigenvalue weighted by molar-refractivity contribution is -0.141. The number of benzene rings is 3. The molecule has 0 aliphatic heterocycles. The number of rotatable bonds is 5. The largest absolute Gasteiger partial charge is 0.434 e. The minimum absolute atomic E-state index is 0.0507. The number of halogens is 5. The second-order valence-corrected chi connectivity index (χ2v) is 11.2. The van der Waals surface area contributed by atoms with Gasteiger partial charge in [-0.3, -0.25) is 0 Å². The van der Waals surface area contributed by atoms with E-state index in [-0.39, 0.29) is 38.4 Å². The average molecular weight is 576 g/mol. The van der Waals surface area contributed by atoms with Gasteiger partial charge in [0.1, 0.15) is 11.6 Å². The van der Waals surface area contributed by atoms with Crippen LogP contribution in [-0.4, -0.2) is 39.2 Å². The molecule has 5 aromatic rings. The van der Waals surface area contributed by atoms with Crippen molar-refractivity contribution in [3.05, 3.63) is 95.4 Å². The van der Waals surface area contributed by atoms with E-state index in [1.54, 1.807) is 30.3 Å². The third-order valence-corrected chi connectivity index (χ3v) is 7.33. The molecule has 0 saturated carbocycles. The molecule has 0 saturated heterocycles. The van der Waals surface area contributed by atoms with Crippen molar-refractivity contribution >= 4 is 21.4 Å². The fraction of sp³-hybridized carbons (Fsp3) is 0.115. The Kier molecular flexibility index (Phi) is 6.55. The molecule has 5 rings (SSSR count). The number of imidazole rings is 1. The monoisotopic (exact) mass is 575 g/mol. The summed E-state index contributed by atoms with van der Waals surface area (Å²) in [4.78, 5) is 3.75. The molecule has 2 aromatic heterocycles. The number of aromatic nitrogens is 5. The molecule has 3 aromatic carbocycles. The summed E-state index contributed by atoms with van der Waals surface area (Å²) >= 11 is 5.91. The Bertz CT molecular complexity index is 1830. The Labute approximate surface area is 225 Å². The third-order valence-electron chi connectivity index (χ3n) is 5.99. The SMILES string of the molecule is Cc1nc(C(F)(F)F)cn1-c1ccc(-c2cccc(S(C)(=O)=O)c2)cc1-n1nncc1-c1ccc(Cl)cc1F. The molecule has 0 radical (unpaired) electrons. The van der Waals surface area contributed by atoms with Crippen LogP contribution in [0, 0.1) is 12.7 Å². The predicted octanol–water partition coefficient (Wildman–Crippen LogP) is 6.31. The van der Waals surface area contributed by atoms with E-state index in [9.17, 15) is 26.0 Å². The molecule has 0 amide bonds. The van der Waals surface area contributed by atoms with E-state index in [4.69, 9.17) is 11.6 Å². The molecular formula is C26H18ClF4N5O2S. The third kappa shape index (κ3) is 5.17. The molecule has 39 heavy (non-hydrogen) atoms. The van der Waals surface area contributed by atoms with E-state index in [1.807, 2.05) is 0 Å². The number of sulfone groups is 1. The maximum atomic E-state index is 14.9. The van der Waals surface area contributed by atoms with Crippen molar-refractivity contribution in [3.63, 3.8) is 0 Å². The number of hydrogen-bond acceptors (Lipinski definition) is 5. The maximum Gasteiger partial charge on any atom is 0.434 e. The van der Waals surface area contributed by atoms with E-state index < -0.39 is 27.5 Å². The highest BCUT2D eigenvalue weighted by Crippen LogP contribution is 2.35. The molecule has 0 aliphatic carbocycles. The van der Waals surface area contributed by atoms with Crippen molar-refractivity contribution in [1.29, 1.82) is 0 Å². The Balaban J connectivity index is 1.76. The van der Waals surface area contributed by atoms with Crippen LogP contribution in [0.25, 0.3) is 33.8 Å². The fourth-order valence-electron chi connectivity index (χ4n) is 4.13. The first-order chi connectivity index (χ1) is 18.3. The van der Waals surface area contributed by atoms with Crippen molar-refractivity contribution in [3.8, 4) is 33.8 Å².